The van der Waals surface area contributed by atoms with Crippen LogP contribution in [0.5, 0.6) is 0 Å². The molecule has 3 aliphatic heterocycles. The second-order valence-corrected chi connectivity index (χ2v) is 15.1. The first kappa shape index (κ1) is 31.0. The smallest absolute Gasteiger partial charge is 0.226 e. The number of hydrogen-bond acceptors (Lipinski definition) is 6. The maximum atomic E-state index is 17.1. The lowest BCUT2D eigenvalue weighted by Gasteiger charge is -2.39. The van der Waals surface area contributed by atoms with E-state index in [4.69, 9.17) is 28.2 Å². The van der Waals surface area contributed by atoms with E-state index >= 15 is 4.39 Å². The van der Waals surface area contributed by atoms with Crippen molar-refractivity contribution >= 4 is 50.9 Å². The van der Waals surface area contributed by atoms with Crippen LogP contribution in [0.15, 0.2) is 36.5 Å². The van der Waals surface area contributed by atoms with Gasteiger partial charge in [-0.2, -0.15) is 5.26 Å². The molecule has 1 N–H and O–H groups in total. The van der Waals surface area contributed by atoms with Crippen molar-refractivity contribution in [2.24, 2.45) is 11.8 Å². The number of nitriles is 1. The van der Waals surface area contributed by atoms with Gasteiger partial charge in [0.25, 0.3) is 0 Å². The van der Waals surface area contributed by atoms with Gasteiger partial charge >= 0.3 is 0 Å². The maximum absolute atomic E-state index is 17.1. The zero-order valence-corrected chi connectivity index (χ0v) is 28.8. The quantitative estimate of drug-likeness (QED) is 0.190. The highest BCUT2D eigenvalue weighted by molar-refractivity contribution is 6.43. The van der Waals surface area contributed by atoms with E-state index in [1.54, 1.807) is 18.2 Å². The summed E-state index contributed by atoms with van der Waals surface area (Å²) in [6, 6.07) is 11.9. The Bertz CT molecular complexity index is 2220. The first-order valence-corrected chi connectivity index (χ1v) is 17.9. The van der Waals surface area contributed by atoms with Gasteiger partial charge < -0.3 is 14.8 Å². The minimum absolute atomic E-state index is 0.00685. The molecule has 9 nitrogen and oxygen atoms in total. The van der Waals surface area contributed by atoms with Crippen molar-refractivity contribution in [3.63, 3.8) is 0 Å². The van der Waals surface area contributed by atoms with Gasteiger partial charge in [0.05, 0.1) is 45.5 Å². The summed E-state index contributed by atoms with van der Waals surface area (Å²) in [5.41, 5.74) is 5.30. The lowest BCUT2D eigenvalue weighted by molar-refractivity contribution is -0.133. The average Bonchev–Trinajstić information content (AvgIpc) is 3.54. The SMILES string of the molecule is Cc1cn([C@H]2C[C@H](c3cc4c(C)nc5c(F)c(-c6cccc(Cl)c6Cl)c(CCC#N)cc5c4n3[C@H]3[C@H]4CN[C@@H]3C4)N(C(=O)C3CC3)C2)nn1. The lowest BCUT2D eigenvalue weighted by Crippen LogP contribution is -2.41. The van der Waals surface area contributed by atoms with Crippen molar-refractivity contribution < 1.29 is 9.18 Å². The number of carbonyl (C=O) groups is 1. The monoisotopic (exact) mass is 696 g/mol. The van der Waals surface area contributed by atoms with E-state index in [1.807, 2.05) is 30.8 Å². The van der Waals surface area contributed by atoms with Gasteiger partial charge in [-0.3, -0.25) is 4.79 Å². The number of halogens is 3. The Morgan fingerprint density at radius 2 is 2.00 bits per heavy atom. The summed E-state index contributed by atoms with van der Waals surface area (Å²) < 4.78 is 21.5. The molecule has 10 rings (SSSR count). The molecule has 2 saturated carbocycles. The predicted octanol–water partition coefficient (Wildman–Crippen LogP) is 7.42. The maximum Gasteiger partial charge on any atom is 0.226 e. The van der Waals surface area contributed by atoms with E-state index in [-0.39, 0.29) is 53.0 Å². The number of rotatable bonds is 7. The number of amides is 1. The van der Waals surface area contributed by atoms with E-state index in [0.717, 1.165) is 53.8 Å². The number of nitrogens with zero attached hydrogens (tertiary/aromatic N) is 7. The van der Waals surface area contributed by atoms with Gasteiger partial charge in [0.15, 0.2) is 5.82 Å². The molecular weight excluding hydrogens is 662 g/mol. The fraction of sp³-hybridized carbons (Fsp3) is 0.432. The summed E-state index contributed by atoms with van der Waals surface area (Å²) in [6.07, 6.45) is 6.14. The van der Waals surface area contributed by atoms with Crippen LogP contribution >= 0.6 is 23.2 Å². The third-order valence-corrected chi connectivity index (χ3v) is 12.1. The predicted molar refractivity (Wildman–Crippen MR) is 186 cm³/mol. The Labute approximate surface area is 293 Å². The Morgan fingerprint density at radius 3 is 2.69 bits per heavy atom. The molecule has 1 amide bonds. The highest BCUT2D eigenvalue weighted by Crippen LogP contribution is 2.52. The number of nitrogens with one attached hydrogen (secondary N) is 1. The van der Waals surface area contributed by atoms with Crippen LogP contribution < -0.4 is 5.32 Å². The Kier molecular flexibility index (Phi) is 7.28. The molecule has 250 valence electrons. The van der Waals surface area contributed by atoms with Crippen molar-refractivity contribution in [2.75, 3.05) is 13.1 Å². The van der Waals surface area contributed by atoms with E-state index in [0.29, 0.717) is 52.4 Å². The Hall–Kier alpha value is -4.04. The molecule has 2 aliphatic carbocycles. The summed E-state index contributed by atoms with van der Waals surface area (Å²) in [5, 5.41) is 24.2. The standard InChI is InChI=1S/C37H35Cl2FN8O/c1-18-16-47(45-44-18)23-13-29(46(17-23)37(49)20-8-9-20)30-14-25-19(2)43-34-26(36(25)48(30)35-22-12-28(35)42-15-22)11-21(5-4-10-41)31(33(34)40)24-6-3-7-27(38)32(24)39/h3,6-7,11,14,16,20,22-23,28-29,35,42H,4-5,8-9,12-13,15,17H2,1-2H3/t22-,23+,28-,29-,35+/m1/s1. The molecule has 0 unspecified atom stereocenters. The van der Waals surface area contributed by atoms with Crippen molar-refractivity contribution in [1.29, 1.82) is 5.26 Å². The Balaban J connectivity index is 1.30. The van der Waals surface area contributed by atoms with Crippen molar-refractivity contribution in [1.82, 2.24) is 34.8 Å². The zero-order valence-electron chi connectivity index (χ0n) is 27.3. The van der Waals surface area contributed by atoms with Crippen LogP contribution in [0.1, 0.15) is 72.9 Å². The third-order valence-electron chi connectivity index (χ3n) is 11.3. The molecule has 6 heterocycles. The molecule has 3 saturated heterocycles. The molecule has 0 radical (unpaired) electrons. The molecule has 5 aliphatic rings. The van der Waals surface area contributed by atoms with E-state index in [1.165, 1.54) is 0 Å². The van der Waals surface area contributed by atoms with Crippen molar-refractivity contribution in [3.05, 3.63) is 75.0 Å². The first-order chi connectivity index (χ1) is 23.7. The largest absolute Gasteiger partial charge is 0.337 e. The number of aromatic nitrogens is 5. The van der Waals surface area contributed by atoms with Crippen LogP contribution in [-0.4, -0.2) is 54.5 Å². The fourth-order valence-electron chi connectivity index (χ4n) is 8.74. The molecular formula is C37H35Cl2FN8O. The molecule has 5 atom stereocenters. The van der Waals surface area contributed by atoms with Gasteiger partial charge in [-0.25, -0.2) is 14.1 Å². The summed E-state index contributed by atoms with van der Waals surface area (Å²) in [4.78, 5) is 20.9. The molecule has 2 bridgehead atoms. The van der Waals surface area contributed by atoms with E-state index in [2.05, 4.69) is 37.2 Å². The molecule has 5 aromatic rings. The zero-order chi connectivity index (χ0) is 33.7. The summed E-state index contributed by atoms with van der Waals surface area (Å²) in [5.74, 6) is 0.217. The number of carbonyl (C=O) groups excluding carboxylic acids is 1. The second-order valence-electron chi connectivity index (χ2n) is 14.3. The van der Waals surface area contributed by atoms with Gasteiger partial charge in [0.1, 0.15) is 5.52 Å². The molecule has 12 heteroatoms. The third kappa shape index (κ3) is 4.80. The summed E-state index contributed by atoms with van der Waals surface area (Å²) in [7, 11) is 0. The highest BCUT2D eigenvalue weighted by Gasteiger charge is 2.51. The van der Waals surface area contributed by atoms with Crippen LogP contribution in [0.4, 0.5) is 4.39 Å². The number of hydrogen-bond donors (Lipinski definition) is 1. The van der Waals surface area contributed by atoms with E-state index in [9.17, 15) is 10.1 Å². The first-order valence-electron chi connectivity index (χ1n) is 17.1. The minimum atomic E-state index is -0.475. The van der Waals surface area contributed by atoms with Crippen molar-refractivity contribution in [2.45, 2.75) is 76.5 Å². The molecule has 0 spiro atoms. The van der Waals surface area contributed by atoms with Gasteiger partial charge in [-0.05, 0) is 75.6 Å². The Morgan fingerprint density at radius 1 is 1.16 bits per heavy atom. The normalized spacial score (nSPS) is 24.6. The van der Waals surface area contributed by atoms with Gasteiger partial charge in [-0.15, -0.1) is 5.10 Å². The van der Waals surface area contributed by atoms with Crippen LogP contribution in [0, 0.1) is 42.8 Å². The number of likely N-dealkylation sites (tertiary alicyclic amines) is 1. The summed E-state index contributed by atoms with van der Waals surface area (Å²) in [6.45, 7) is 5.35. The van der Waals surface area contributed by atoms with Crippen molar-refractivity contribution in [3.8, 4) is 17.2 Å². The molecule has 3 aromatic heterocycles. The number of pyridine rings is 1. The van der Waals surface area contributed by atoms with Crippen LogP contribution in [0.3, 0.4) is 0 Å². The topological polar surface area (TPSA) is 105 Å². The van der Waals surface area contributed by atoms with Gasteiger partial charge in [-0.1, -0.05) is 40.5 Å². The molecule has 2 aromatic carbocycles. The van der Waals surface area contributed by atoms with Gasteiger partial charge in [0.2, 0.25) is 5.91 Å². The minimum Gasteiger partial charge on any atom is -0.337 e. The highest BCUT2D eigenvalue weighted by atomic mass is 35.5. The van der Waals surface area contributed by atoms with Crippen LogP contribution in [0.25, 0.3) is 32.9 Å². The fourth-order valence-corrected chi connectivity index (χ4v) is 9.13. The number of aryl methyl sites for hydroxylation is 3. The number of benzene rings is 2. The van der Waals surface area contributed by atoms with Crippen LogP contribution in [0.2, 0.25) is 10.0 Å². The second kappa shape index (κ2) is 11.5. The molecule has 49 heavy (non-hydrogen) atoms. The average molecular weight is 698 g/mol. The number of fused-ring (bicyclic) bond motifs is 4. The lowest BCUT2D eigenvalue weighted by atomic mass is 9.79. The summed E-state index contributed by atoms with van der Waals surface area (Å²) >= 11 is 13.1. The molecule has 5 fully saturated rings. The van der Waals surface area contributed by atoms with E-state index < -0.39 is 5.82 Å². The van der Waals surface area contributed by atoms with Gasteiger partial charge in [0, 0.05) is 71.0 Å². The van der Waals surface area contributed by atoms with Crippen LogP contribution in [-0.2, 0) is 11.2 Å².